The number of benzene rings is 2. The number of rotatable bonds is 3. The van der Waals surface area contributed by atoms with Gasteiger partial charge in [-0.1, -0.05) is 17.7 Å². The summed E-state index contributed by atoms with van der Waals surface area (Å²) in [6.07, 6.45) is 0. The van der Waals surface area contributed by atoms with Crippen LogP contribution in [0.4, 0.5) is 11.4 Å². The number of fused-ring (bicyclic) bond motifs is 1. The number of anilines is 2. The highest BCUT2D eigenvalue weighted by Crippen LogP contribution is 2.34. The van der Waals surface area contributed by atoms with Crippen LogP contribution in [-0.4, -0.2) is 20.1 Å². The highest BCUT2D eigenvalue weighted by atomic mass is 32.2. The predicted molar refractivity (Wildman–Crippen MR) is 97.3 cm³/mol. The van der Waals surface area contributed by atoms with E-state index >= 15 is 0 Å². The maximum atomic E-state index is 12.7. The van der Waals surface area contributed by atoms with Gasteiger partial charge in [-0.3, -0.25) is 9.52 Å². The van der Waals surface area contributed by atoms with E-state index < -0.39 is 10.0 Å². The fourth-order valence-electron chi connectivity index (χ4n) is 2.76. The van der Waals surface area contributed by atoms with Crippen molar-refractivity contribution in [3.05, 3.63) is 47.0 Å². The van der Waals surface area contributed by atoms with Gasteiger partial charge in [0.15, 0.2) is 0 Å². The van der Waals surface area contributed by atoms with Crippen LogP contribution in [0.5, 0.6) is 0 Å². The van der Waals surface area contributed by atoms with E-state index in [9.17, 15) is 13.2 Å². The molecular weight excluding hydrogens is 344 g/mol. The lowest BCUT2D eigenvalue weighted by Crippen LogP contribution is -2.20. The first-order valence-electron chi connectivity index (χ1n) is 7.43. The molecule has 7 heteroatoms. The minimum absolute atomic E-state index is 0.125. The second-order valence-electron chi connectivity index (χ2n) is 5.87. The van der Waals surface area contributed by atoms with Crippen molar-refractivity contribution in [2.75, 3.05) is 15.8 Å². The summed E-state index contributed by atoms with van der Waals surface area (Å²) in [5, 5.41) is 2.71. The van der Waals surface area contributed by atoms with Gasteiger partial charge in [-0.2, -0.15) is 0 Å². The quantitative estimate of drug-likeness (QED) is 0.877. The molecule has 5 nitrogen and oxygen atoms in total. The van der Waals surface area contributed by atoms with Crippen molar-refractivity contribution in [2.45, 2.75) is 30.6 Å². The number of hydrogen-bond acceptors (Lipinski definition) is 4. The Balaban J connectivity index is 1.97. The molecule has 0 saturated carbocycles. The predicted octanol–water partition coefficient (Wildman–Crippen LogP) is 3.46. The third-order valence-electron chi connectivity index (χ3n) is 3.81. The van der Waals surface area contributed by atoms with Crippen LogP contribution in [0.3, 0.4) is 0 Å². The SMILES string of the molecule is Cc1cc(C)c(NS(=O)(=O)c2ccc3c(c2)NC(=O)CS3)c(C)c1. The number of nitrogens with one attached hydrogen (secondary N) is 2. The molecule has 1 aliphatic rings. The Bertz CT molecular complexity index is 914. The minimum atomic E-state index is -3.73. The zero-order chi connectivity index (χ0) is 17.5. The molecule has 2 aromatic rings. The van der Waals surface area contributed by atoms with Crippen LogP contribution in [0.25, 0.3) is 0 Å². The van der Waals surface area contributed by atoms with Crippen LogP contribution in [0, 0.1) is 20.8 Å². The average molecular weight is 362 g/mol. The van der Waals surface area contributed by atoms with Crippen molar-refractivity contribution in [3.63, 3.8) is 0 Å². The van der Waals surface area contributed by atoms with Crippen molar-refractivity contribution in [1.29, 1.82) is 0 Å². The molecule has 2 aromatic carbocycles. The van der Waals surface area contributed by atoms with Crippen LogP contribution in [0.15, 0.2) is 40.1 Å². The van der Waals surface area contributed by atoms with E-state index in [2.05, 4.69) is 10.0 Å². The molecule has 0 fully saturated rings. The molecule has 2 N–H and O–H groups in total. The zero-order valence-electron chi connectivity index (χ0n) is 13.6. The first kappa shape index (κ1) is 16.9. The number of thioether (sulfide) groups is 1. The van der Waals surface area contributed by atoms with Crippen LogP contribution in [0.2, 0.25) is 0 Å². The van der Waals surface area contributed by atoms with E-state index in [-0.39, 0.29) is 10.8 Å². The van der Waals surface area contributed by atoms with Crippen molar-refractivity contribution in [1.82, 2.24) is 0 Å². The van der Waals surface area contributed by atoms with Gasteiger partial charge in [0.2, 0.25) is 5.91 Å². The molecule has 0 unspecified atom stereocenters. The second kappa shape index (κ2) is 6.14. The van der Waals surface area contributed by atoms with E-state index in [1.807, 2.05) is 32.9 Å². The maximum absolute atomic E-state index is 12.7. The third kappa shape index (κ3) is 3.27. The number of amides is 1. The van der Waals surface area contributed by atoms with Crippen molar-refractivity contribution < 1.29 is 13.2 Å². The standard InChI is InChI=1S/C17H18N2O3S2/c1-10-6-11(2)17(12(3)7-10)19-24(21,22)13-4-5-15-14(8-13)18-16(20)9-23-15/h4-8,19H,9H2,1-3H3,(H,18,20). The Kier molecular flexibility index (Phi) is 4.31. The zero-order valence-corrected chi connectivity index (χ0v) is 15.3. The molecule has 3 rings (SSSR count). The number of sulfonamides is 1. The van der Waals surface area contributed by atoms with Crippen molar-refractivity contribution in [2.24, 2.45) is 0 Å². The van der Waals surface area contributed by atoms with Gasteiger partial charge in [-0.25, -0.2) is 8.42 Å². The van der Waals surface area contributed by atoms with Gasteiger partial charge in [-0.15, -0.1) is 11.8 Å². The van der Waals surface area contributed by atoms with E-state index in [4.69, 9.17) is 0 Å². The maximum Gasteiger partial charge on any atom is 0.261 e. The highest BCUT2D eigenvalue weighted by Gasteiger charge is 2.21. The minimum Gasteiger partial charge on any atom is -0.324 e. The molecule has 0 radical (unpaired) electrons. The van der Waals surface area contributed by atoms with E-state index in [0.717, 1.165) is 21.6 Å². The van der Waals surface area contributed by atoms with E-state index in [0.29, 0.717) is 17.1 Å². The van der Waals surface area contributed by atoms with Gasteiger partial charge in [-0.05, 0) is 50.1 Å². The summed E-state index contributed by atoms with van der Waals surface area (Å²) in [6, 6.07) is 8.66. The Morgan fingerprint density at radius 1 is 1.08 bits per heavy atom. The second-order valence-corrected chi connectivity index (χ2v) is 8.57. The molecule has 1 heterocycles. The van der Waals surface area contributed by atoms with Gasteiger partial charge in [0.1, 0.15) is 0 Å². The van der Waals surface area contributed by atoms with Crippen LogP contribution < -0.4 is 10.0 Å². The fraction of sp³-hybridized carbons (Fsp3) is 0.235. The number of carbonyl (C=O) groups is 1. The molecule has 0 spiro atoms. The van der Waals surface area contributed by atoms with Gasteiger partial charge in [0.05, 0.1) is 22.0 Å². The summed E-state index contributed by atoms with van der Waals surface area (Å²) in [4.78, 5) is 12.5. The Hall–Kier alpha value is -1.99. The lowest BCUT2D eigenvalue weighted by atomic mass is 10.1. The Morgan fingerprint density at radius 3 is 2.42 bits per heavy atom. The molecule has 0 aromatic heterocycles. The van der Waals surface area contributed by atoms with E-state index in [1.54, 1.807) is 12.1 Å². The summed E-state index contributed by atoms with van der Waals surface area (Å²) in [5.74, 6) is 0.222. The van der Waals surface area contributed by atoms with Gasteiger partial charge in [0.25, 0.3) is 10.0 Å². The largest absolute Gasteiger partial charge is 0.324 e. The fourth-order valence-corrected chi connectivity index (χ4v) is 4.78. The summed E-state index contributed by atoms with van der Waals surface area (Å²) in [7, 11) is -3.73. The molecule has 1 aliphatic heterocycles. The van der Waals surface area contributed by atoms with Crippen molar-refractivity contribution in [3.8, 4) is 0 Å². The van der Waals surface area contributed by atoms with E-state index in [1.165, 1.54) is 17.8 Å². The lowest BCUT2D eigenvalue weighted by Gasteiger charge is -2.18. The highest BCUT2D eigenvalue weighted by molar-refractivity contribution is 8.00. The lowest BCUT2D eigenvalue weighted by molar-refractivity contribution is -0.113. The monoisotopic (exact) mass is 362 g/mol. The summed E-state index contributed by atoms with van der Waals surface area (Å²) in [6.45, 7) is 5.73. The Morgan fingerprint density at radius 2 is 1.75 bits per heavy atom. The molecule has 24 heavy (non-hydrogen) atoms. The molecule has 0 aliphatic carbocycles. The topological polar surface area (TPSA) is 75.3 Å². The third-order valence-corrected chi connectivity index (χ3v) is 6.23. The van der Waals surface area contributed by atoms with Gasteiger partial charge in [0, 0.05) is 4.90 Å². The number of hydrogen-bond donors (Lipinski definition) is 2. The number of aryl methyl sites for hydroxylation is 3. The first-order valence-corrected chi connectivity index (χ1v) is 9.90. The molecule has 0 atom stereocenters. The molecule has 0 bridgehead atoms. The summed E-state index contributed by atoms with van der Waals surface area (Å²) in [5.41, 5.74) is 3.96. The molecule has 1 amide bonds. The molecule has 0 saturated heterocycles. The first-order chi connectivity index (χ1) is 11.3. The van der Waals surface area contributed by atoms with Gasteiger partial charge < -0.3 is 5.32 Å². The number of carbonyl (C=O) groups excluding carboxylic acids is 1. The normalized spacial score (nSPS) is 14.0. The van der Waals surface area contributed by atoms with Crippen LogP contribution >= 0.6 is 11.8 Å². The van der Waals surface area contributed by atoms with Crippen LogP contribution in [-0.2, 0) is 14.8 Å². The van der Waals surface area contributed by atoms with Crippen LogP contribution in [0.1, 0.15) is 16.7 Å². The molecule has 126 valence electrons. The summed E-state index contributed by atoms with van der Waals surface area (Å²) < 4.78 is 28.1. The molecular formula is C17H18N2O3S2. The Labute approximate surface area is 145 Å². The average Bonchev–Trinajstić information content (AvgIpc) is 2.50. The smallest absolute Gasteiger partial charge is 0.261 e. The van der Waals surface area contributed by atoms with Crippen molar-refractivity contribution >= 4 is 39.1 Å². The summed E-state index contributed by atoms with van der Waals surface area (Å²) >= 11 is 1.40. The van der Waals surface area contributed by atoms with Gasteiger partial charge >= 0.3 is 0 Å².